The van der Waals surface area contributed by atoms with Crippen molar-refractivity contribution >= 4 is 39.8 Å². The number of esters is 1. The number of furan rings is 1. The van der Waals surface area contributed by atoms with Crippen molar-refractivity contribution in [2.24, 2.45) is 4.99 Å². The van der Waals surface area contributed by atoms with E-state index >= 15 is 0 Å². The van der Waals surface area contributed by atoms with Gasteiger partial charge in [0, 0.05) is 30.2 Å². The molecule has 0 saturated carbocycles. The number of carbonyl (C=O) groups excluding carboxylic acids is 1. The first-order valence-corrected chi connectivity index (χ1v) is 12.1. The third-order valence-electron chi connectivity index (χ3n) is 5.27. The Morgan fingerprint density at radius 1 is 1.31 bits per heavy atom. The van der Waals surface area contributed by atoms with E-state index in [2.05, 4.69) is 15.1 Å². The van der Waals surface area contributed by atoms with Crippen LogP contribution in [0.4, 0.5) is 0 Å². The summed E-state index contributed by atoms with van der Waals surface area (Å²) in [6.45, 7) is 6.59. The van der Waals surface area contributed by atoms with E-state index in [1.54, 1.807) is 13.2 Å². The highest BCUT2D eigenvalue weighted by Crippen LogP contribution is 2.35. The number of allylic oxidation sites excluding steroid dienone is 4. The summed E-state index contributed by atoms with van der Waals surface area (Å²) in [6.07, 6.45) is 8.92. The lowest BCUT2D eigenvalue weighted by molar-refractivity contribution is -0.143. The maximum atomic E-state index is 11.5. The van der Waals surface area contributed by atoms with E-state index in [-0.39, 0.29) is 17.4 Å². The van der Waals surface area contributed by atoms with Crippen LogP contribution in [0.5, 0.6) is 5.75 Å². The number of fused-ring (bicyclic) bond motifs is 1. The van der Waals surface area contributed by atoms with E-state index in [1.165, 1.54) is 0 Å². The van der Waals surface area contributed by atoms with Crippen molar-refractivity contribution < 1.29 is 23.2 Å². The van der Waals surface area contributed by atoms with Gasteiger partial charge in [-0.05, 0) is 51.5 Å². The molecule has 1 aliphatic rings. The van der Waals surface area contributed by atoms with Crippen molar-refractivity contribution in [3.8, 4) is 17.1 Å². The van der Waals surface area contributed by atoms with Crippen LogP contribution in [-0.2, 0) is 9.53 Å². The fourth-order valence-corrected chi connectivity index (χ4v) is 4.03. The molecule has 8 nitrogen and oxygen atoms in total. The highest BCUT2D eigenvalue weighted by molar-refractivity contribution is 6.34. The lowest BCUT2D eigenvalue weighted by Gasteiger charge is -2.08. The standard InChI is InChI=1S/C26H28ClN3O5/c1-4-32-23(31)9-6-13-33-22-11-10-19(24-18(22)12-14-34-24)25-29-26(35-30-25)17-7-5-8-21(20(27)15-17)28-16(2)3/h5,7,10-12,14-16,20H,4,6,8-9,13H2,1-3H3. The van der Waals surface area contributed by atoms with Gasteiger partial charge >= 0.3 is 5.97 Å². The molecule has 0 N–H and O–H groups in total. The van der Waals surface area contributed by atoms with Crippen LogP contribution < -0.4 is 4.74 Å². The first kappa shape index (κ1) is 24.7. The molecule has 1 aliphatic carbocycles. The number of halogens is 1. The lowest BCUT2D eigenvalue weighted by atomic mass is 10.1. The number of alkyl halides is 1. The van der Waals surface area contributed by atoms with Crippen molar-refractivity contribution in [3.05, 3.63) is 48.6 Å². The lowest BCUT2D eigenvalue weighted by Crippen LogP contribution is -2.13. The Balaban J connectivity index is 1.52. The number of aromatic nitrogens is 2. The van der Waals surface area contributed by atoms with Gasteiger partial charge in [0.25, 0.3) is 5.89 Å². The number of nitrogens with zero attached hydrogens (tertiary/aromatic N) is 3. The Kier molecular flexibility index (Phi) is 8.02. The number of rotatable bonds is 9. The third-order valence-corrected chi connectivity index (χ3v) is 5.65. The number of hydrogen-bond donors (Lipinski definition) is 0. The molecule has 1 unspecified atom stereocenters. The average Bonchev–Trinajstić information content (AvgIpc) is 3.47. The summed E-state index contributed by atoms with van der Waals surface area (Å²) < 4.78 is 22.1. The fraction of sp³-hybridized carbons (Fsp3) is 0.385. The normalized spacial score (nSPS) is 17.1. The van der Waals surface area contributed by atoms with Gasteiger partial charge in [-0.15, -0.1) is 11.6 Å². The molecule has 9 heteroatoms. The molecular weight excluding hydrogens is 470 g/mol. The molecule has 3 aromatic rings. The first-order valence-electron chi connectivity index (χ1n) is 11.7. The van der Waals surface area contributed by atoms with Gasteiger partial charge in [-0.1, -0.05) is 17.3 Å². The maximum Gasteiger partial charge on any atom is 0.305 e. The second kappa shape index (κ2) is 11.4. The molecule has 0 aliphatic heterocycles. The summed E-state index contributed by atoms with van der Waals surface area (Å²) in [5, 5.41) is 4.60. The Morgan fingerprint density at radius 2 is 2.17 bits per heavy atom. The van der Waals surface area contributed by atoms with Crippen LogP contribution in [0.2, 0.25) is 0 Å². The van der Waals surface area contributed by atoms with E-state index in [0.717, 1.165) is 16.7 Å². The van der Waals surface area contributed by atoms with Crippen LogP contribution in [0.15, 0.2) is 56.6 Å². The number of aliphatic imine (C=N–C) groups is 1. The van der Waals surface area contributed by atoms with Gasteiger partial charge in [-0.2, -0.15) is 4.98 Å². The molecule has 2 aromatic heterocycles. The molecular formula is C26H28ClN3O5. The topological polar surface area (TPSA) is 100.0 Å². The minimum absolute atomic E-state index is 0.171. The monoisotopic (exact) mass is 497 g/mol. The molecule has 1 atom stereocenters. The average molecular weight is 498 g/mol. The van der Waals surface area contributed by atoms with Gasteiger partial charge in [0.2, 0.25) is 5.82 Å². The van der Waals surface area contributed by atoms with E-state index in [1.807, 2.05) is 50.3 Å². The van der Waals surface area contributed by atoms with Crippen molar-refractivity contribution in [2.45, 2.75) is 51.5 Å². The highest BCUT2D eigenvalue weighted by Gasteiger charge is 2.20. The second-order valence-corrected chi connectivity index (χ2v) is 8.77. The van der Waals surface area contributed by atoms with Crippen molar-refractivity contribution in [1.29, 1.82) is 0 Å². The van der Waals surface area contributed by atoms with Gasteiger partial charge in [0.15, 0.2) is 0 Å². The van der Waals surface area contributed by atoms with Crippen LogP contribution in [-0.4, -0.2) is 46.5 Å². The summed E-state index contributed by atoms with van der Waals surface area (Å²) in [5.41, 5.74) is 2.92. The molecule has 0 bridgehead atoms. The Morgan fingerprint density at radius 3 is 2.97 bits per heavy atom. The SMILES string of the molecule is CCOC(=O)CCCOc1ccc(-c2noc(C3=CC(Cl)C(=NC(C)C)CC=C3)n2)c2occc12. The van der Waals surface area contributed by atoms with Gasteiger partial charge in [0.1, 0.15) is 11.3 Å². The zero-order chi connectivity index (χ0) is 24.8. The number of carbonyl (C=O) groups is 1. The van der Waals surface area contributed by atoms with Crippen LogP contribution in [0, 0.1) is 0 Å². The third kappa shape index (κ3) is 6.00. The number of hydrogen-bond acceptors (Lipinski definition) is 8. The summed E-state index contributed by atoms with van der Waals surface area (Å²) in [6, 6.07) is 5.66. The highest BCUT2D eigenvalue weighted by atomic mass is 35.5. The second-order valence-electron chi connectivity index (χ2n) is 8.30. The van der Waals surface area contributed by atoms with Crippen molar-refractivity contribution in [3.63, 3.8) is 0 Å². The van der Waals surface area contributed by atoms with E-state index in [0.29, 0.717) is 61.1 Å². The Labute approximate surface area is 208 Å². The minimum atomic E-state index is -0.352. The summed E-state index contributed by atoms with van der Waals surface area (Å²) in [7, 11) is 0. The van der Waals surface area contributed by atoms with Gasteiger partial charge < -0.3 is 18.4 Å². The molecule has 184 valence electrons. The van der Waals surface area contributed by atoms with Gasteiger partial charge in [-0.3, -0.25) is 9.79 Å². The summed E-state index contributed by atoms with van der Waals surface area (Å²) in [4.78, 5) is 20.7. The summed E-state index contributed by atoms with van der Waals surface area (Å²) >= 11 is 6.57. The smallest absolute Gasteiger partial charge is 0.305 e. The molecule has 0 radical (unpaired) electrons. The van der Waals surface area contributed by atoms with Crippen LogP contribution in [0.1, 0.15) is 45.9 Å². The maximum absolute atomic E-state index is 11.5. The van der Waals surface area contributed by atoms with Gasteiger partial charge in [-0.25, -0.2) is 0 Å². The number of benzene rings is 1. The Bertz CT molecular complexity index is 1270. The van der Waals surface area contributed by atoms with Gasteiger partial charge in [0.05, 0.1) is 35.8 Å². The number of ether oxygens (including phenoxy) is 2. The van der Waals surface area contributed by atoms with E-state index < -0.39 is 0 Å². The summed E-state index contributed by atoms with van der Waals surface area (Å²) in [5.74, 6) is 1.19. The molecule has 4 rings (SSSR count). The van der Waals surface area contributed by atoms with E-state index in [4.69, 9.17) is 30.0 Å². The molecule has 2 heterocycles. The zero-order valence-electron chi connectivity index (χ0n) is 20.0. The predicted molar refractivity (Wildman–Crippen MR) is 135 cm³/mol. The van der Waals surface area contributed by atoms with Crippen LogP contribution in [0.3, 0.4) is 0 Å². The fourth-order valence-electron chi connectivity index (χ4n) is 3.75. The molecule has 0 spiro atoms. The van der Waals surface area contributed by atoms with Crippen LogP contribution >= 0.6 is 11.6 Å². The van der Waals surface area contributed by atoms with Crippen molar-refractivity contribution in [1.82, 2.24) is 10.1 Å². The molecule has 0 amide bonds. The molecule has 0 fully saturated rings. The largest absolute Gasteiger partial charge is 0.493 e. The molecule has 1 aromatic carbocycles. The Hall–Kier alpha value is -3.39. The first-order chi connectivity index (χ1) is 17.0. The molecule has 35 heavy (non-hydrogen) atoms. The van der Waals surface area contributed by atoms with Crippen LogP contribution in [0.25, 0.3) is 27.9 Å². The van der Waals surface area contributed by atoms with Crippen molar-refractivity contribution in [2.75, 3.05) is 13.2 Å². The minimum Gasteiger partial charge on any atom is -0.493 e. The quantitative estimate of drug-likeness (QED) is 0.203. The van der Waals surface area contributed by atoms with E-state index in [9.17, 15) is 4.79 Å². The zero-order valence-corrected chi connectivity index (χ0v) is 20.7. The predicted octanol–water partition coefficient (Wildman–Crippen LogP) is 6.01. The molecule has 0 saturated heterocycles.